The van der Waals surface area contributed by atoms with Crippen LogP contribution in [0.1, 0.15) is 35.1 Å². The number of pyridine rings is 1. The van der Waals surface area contributed by atoms with Crippen LogP contribution in [0.5, 0.6) is 0 Å². The second-order valence-electron chi connectivity index (χ2n) is 5.98. The van der Waals surface area contributed by atoms with E-state index in [1.54, 1.807) is 10.7 Å². The second-order valence-corrected chi connectivity index (χ2v) is 8.21. The third-order valence-corrected chi connectivity index (χ3v) is 5.89. The Hall–Kier alpha value is -1.96. The number of hydrogen-bond acceptors (Lipinski definition) is 5. The molecular weight excluding hydrogens is 316 g/mol. The summed E-state index contributed by atoms with van der Waals surface area (Å²) in [4.78, 5) is 17.1. The van der Waals surface area contributed by atoms with Crippen LogP contribution in [0.4, 0.5) is 0 Å². The number of aromatic nitrogens is 3. The number of nitrogens with zero attached hydrogens (tertiary/aromatic N) is 3. The van der Waals surface area contributed by atoms with Gasteiger partial charge in [0.2, 0.25) is 0 Å². The molecule has 0 bridgehead atoms. The number of carbonyl (C=O) groups excluding carboxylic acids is 1. The van der Waals surface area contributed by atoms with Crippen LogP contribution >= 0.6 is 0 Å². The van der Waals surface area contributed by atoms with Crippen LogP contribution in [-0.2, 0) is 16.4 Å². The molecule has 7 nitrogen and oxygen atoms in total. The number of nitrogens with one attached hydrogen (secondary N) is 1. The van der Waals surface area contributed by atoms with Crippen molar-refractivity contribution < 1.29 is 13.2 Å². The number of rotatable bonds is 3. The maximum absolute atomic E-state index is 12.7. The normalized spacial score (nSPS) is 20.0. The van der Waals surface area contributed by atoms with Crippen molar-refractivity contribution in [3.05, 3.63) is 23.0 Å². The van der Waals surface area contributed by atoms with Gasteiger partial charge in [-0.15, -0.1) is 0 Å². The summed E-state index contributed by atoms with van der Waals surface area (Å²) >= 11 is 0. The average Bonchev–Trinajstić information content (AvgIpc) is 2.97. The van der Waals surface area contributed by atoms with Crippen LogP contribution in [0.25, 0.3) is 11.0 Å². The molecule has 0 aliphatic carbocycles. The zero-order valence-electron chi connectivity index (χ0n) is 13.5. The van der Waals surface area contributed by atoms with E-state index in [2.05, 4.69) is 15.4 Å². The second kappa shape index (κ2) is 5.59. The number of hydrogen-bond donors (Lipinski definition) is 1. The van der Waals surface area contributed by atoms with Gasteiger partial charge in [0.1, 0.15) is 0 Å². The fraction of sp³-hybridized carbons (Fsp3) is 0.533. The standard InChI is InChI=1S/C15H20N4O3S/c1-4-19-14-13(10(3)18-19)12(7-9(2)16-14)15(20)17-11-5-6-23(21,22)8-11/h7,11H,4-6,8H2,1-3H3,(H,17,20). The predicted octanol–water partition coefficient (Wildman–Crippen LogP) is 0.985. The van der Waals surface area contributed by atoms with E-state index < -0.39 is 9.84 Å². The van der Waals surface area contributed by atoms with Crippen molar-refractivity contribution in [3.8, 4) is 0 Å². The molecule has 0 aromatic carbocycles. The molecule has 1 aliphatic heterocycles. The molecule has 23 heavy (non-hydrogen) atoms. The maximum atomic E-state index is 12.7. The number of amides is 1. The fourth-order valence-electron chi connectivity index (χ4n) is 3.05. The van der Waals surface area contributed by atoms with Crippen molar-refractivity contribution in [2.24, 2.45) is 0 Å². The third kappa shape index (κ3) is 2.95. The van der Waals surface area contributed by atoms with Crippen LogP contribution in [0, 0.1) is 13.8 Å². The van der Waals surface area contributed by atoms with Crippen LogP contribution in [0.2, 0.25) is 0 Å². The topological polar surface area (TPSA) is 94.0 Å². The lowest BCUT2D eigenvalue weighted by Crippen LogP contribution is -2.35. The summed E-state index contributed by atoms with van der Waals surface area (Å²) in [6, 6.07) is 1.41. The van der Waals surface area contributed by atoms with Gasteiger partial charge in [-0.25, -0.2) is 18.1 Å². The molecular formula is C15H20N4O3S. The molecule has 1 aliphatic rings. The van der Waals surface area contributed by atoms with Gasteiger partial charge < -0.3 is 5.32 Å². The molecule has 3 heterocycles. The first kappa shape index (κ1) is 15.9. The Bertz CT molecular complexity index is 886. The van der Waals surface area contributed by atoms with E-state index in [1.165, 1.54) is 0 Å². The quantitative estimate of drug-likeness (QED) is 0.902. The first-order valence-electron chi connectivity index (χ1n) is 7.67. The molecule has 2 aromatic heterocycles. The van der Waals surface area contributed by atoms with Crippen molar-refractivity contribution in [2.45, 2.75) is 39.8 Å². The van der Waals surface area contributed by atoms with E-state index in [-0.39, 0.29) is 23.5 Å². The Kier molecular flexibility index (Phi) is 3.87. The minimum absolute atomic E-state index is 0.0130. The van der Waals surface area contributed by atoms with Crippen LogP contribution in [0.3, 0.4) is 0 Å². The lowest BCUT2D eigenvalue weighted by Gasteiger charge is -2.12. The van der Waals surface area contributed by atoms with E-state index in [0.29, 0.717) is 24.2 Å². The van der Waals surface area contributed by atoms with E-state index in [4.69, 9.17) is 0 Å². The summed E-state index contributed by atoms with van der Waals surface area (Å²) in [5.41, 5.74) is 2.68. The van der Waals surface area contributed by atoms with Crippen molar-refractivity contribution in [1.29, 1.82) is 0 Å². The van der Waals surface area contributed by atoms with Gasteiger partial charge in [0.25, 0.3) is 5.91 Å². The molecule has 1 amide bonds. The Labute approximate surface area is 135 Å². The number of aryl methyl sites for hydroxylation is 3. The van der Waals surface area contributed by atoms with E-state index in [0.717, 1.165) is 16.8 Å². The summed E-state index contributed by atoms with van der Waals surface area (Å²) < 4.78 is 24.9. The Morgan fingerprint density at radius 3 is 2.78 bits per heavy atom. The largest absolute Gasteiger partial charge is 0.348 e. The summed E-state index contributed by atoms with van der Waals surface area (Å²) in [6.07, 6.45) is 0.467. The highest BCUT2D eigenvalue weighted by Crippen LogP contribution is 2.23. The molecule has 3 rings (SSSR count). The number of fused-ring (bicyclic) bond motifs is 1. The van der Waals surface area contributed by atoms with E-state index >= 15 is 0 Å². The van der Waals surface area contributed by atoms with Gasteiger partial charge in [-0.1, -0.05) is 0 Å². The molecule has 8 heteroatoms. The smallest absolute Gasteiger partial charge is 0.252 e. The molecule has 1 fully saturated rings. The monoisotopic (exact) mass is 336 g/mol. The van der Waals surface area contributed by atoms with Gasteiger partial charge in [0.05, 0.1) is 28.1 Å². The average molecular weight is 336 g/mol. The summed E-state index contributed by atoms with van der Waals surface area (Å²) in [7, 11) is -3.03. The molecule has 1 N–H and O–H groups in total. The Morgan fingerprint density at radius 2 is 2.17 bits per heavy atom. The Balaban J connectivity index is 1.99. The van der Waals surface area contributed by atoms with E-state index in [9.17, 15) is 13.2 Å². The zero-order chi connectivity index (χ0) is 16.8. The van der Waals surface area contributed by atoms with Crippen LogP contribution in [-0.4, -0.2) is 46.6 Å². The van der Waals surface area contributed by atoms with Gasteiger partial charge in [-0.05, 0) is 33.3 Å². The number of carbonyl (C=O) groups is 1. The molecule has 1 unspecified atom stereocenters. The summed E-state index contributed by atoms with van der Waals surface area (Å²) in [6.45, 7) is 6.32. The molecule has 2 aromatic rings. The lowest BCUT2D eigenvalue weighted by atomic mass is 10.1. The van der Waals surface area contributed by atoms with Crippen molar-refractivity contribution in [3.63, 3.8) is 0 Å². The highest BCUT2D eigenvalue weighted by Gasteiger charge is 2.30. The molecule has 0 radical (unpaired) electrons. The van der Waals surface area contributed by atoms with E-state index in [1.807, 2.05) is 20.8 Å². The van der Waals surface area contributed by atoms with Gasteiger partial charge >= 0.3 is 0 Å². The molecule has 124 valence electrons. The summed E-state index contributed by atoms with van der Waals surface area (Å²) in [5.74, 6) is -0.115. The molecule has 0 saturated carbocycles. The predicted molar refractivity (Wildman–Crippen MR) is 87.2 cm³/mol. The van der Waals surface area contributed by atoms with Crippen molar-refractivity contribution in [2.75, 3.05) is 11.5 Å². The van der Waals surface area contributed by atoms with Gasteiger partial charge in [-0.2, -0.15) is 5.10 Å². The van der Waals surface area contributed by atoms with Crippen molar-refractivity contribution >= 4 is 26.8 Å². The SMILES string of the molecule is CCn1nc(C)c2c(C(=O)NC3CCS(=O)(=O)C3)cc(C)nc21. The molecule has 1 atom stereocenters. The number of sulfone groups is 1. The van der Waals surface area contributed by atoms with Crippen LogP contribution < -0.4 is 5.32 Å². The molecule has 0 spiro atoms. The minimum Gasteiger partial charge on any atom is -0.348 e. The highest BCUT2D eigenvalue weighted by molar-refractivity contribution is 7.91. The lowest BCUT2D eigenvalue weighted by molar-refractivity contribution is 0.0942. The fourth-order valence-corrected chi connectivity index (χ4v) is 4.72. The first-order chi connectivity index (χ1) is 10.8. The minimum atomic E-state index is -3.03. The molecule has 1 saturated heterocycles. The van der Waals surface area contributed by atoms with Crippen molar-refractivity contribution in [1.82, 2.24) is 20.1 Å². The maximum Gasteiger partial charge on any atom is 0.252 e. The summed E-state index contributed by atoms with van der Waals surface area (Å²) in [5, 5.41) is 8.00. The van der Waals surface area contributed by atoms with Gasteiger partial charge in [-0.3, -0.25) is 4.79 Å². The van der Waals surface area contributed by atoms with Crippen LogP contribution in [0.15, 0.2) is 6.07 Å². The zero-order valence-corrected chi connectivity index (χ0v) is 14.3. The highest BCUT2D eigenvalue weighted by atomic mass is 32.2. The third-order valence-electron chi connectivity index (χ3n) is 4.12. The van der Waals surface area contributed by atoms with Gasteiger partial charge in [0, 0.05) is 18.3 Å². The Morgan fingerprint density at radius 1 is 1.43 bits per heavy atom. The first-order valence-corrected chi connectivity index (χ1v) is 9.49. The van der Waals surface area contributed by atoms with Gasteiger partial charge in [0.15, 0.2) is 15.5 Å².